The number of nitrogens with two attached hydrogens (primary N) is 1. The van der Waals surface area contributed by atoms with Crippen molar-refractivity contribution in [2.24, 2.45) is 0 Å². The Hall–Kier alpha value is -0.790. The number of hydrogen-bond acceptors (Lipinski definition) is 6. The number of ether oxygens (including phenoxy) is 1. The molecular formula is C9H15N3O2S2. The smallest absolute Gasteiger partial charge is 0.230 e. The van der Waals surface area contributed by atoms with Crippen molar-refractivity contribution in [2.75, 3.05) is 31.7 Å². The van der Waals surface area contributed by atoms with E-state index >= 15 is 0 Å². The van der Waals surface area contributed by atoms with E-state index in [4.69, 9.17) is 10.5 Å². The molecule has 1 aromatic rings. The summed E-state index contributed by atoms with van der Waals surface area (Å²) in [6, 6.07) is 0. The normalized spacial score (nSPS) is 10.3. The minimum absolute atomic E-state index is 0.0214. The molecule has 0 saturated carbocycles. The second-order valence-electron chi connectivity index (χ2n) is 3.00. The third-order valence-corrected chi connectivity index (χ3v) is 3.72. The summed E-state index contributed by atoms with van der Waals surface area (Å²) in [6.07, 6.45) is 2.52. The third-order valence-electron chi connectivity index (χ3n) is 1.70. The number of nitrogens with one attached hydrogen (secondary N) is 1. The van der Waals surface area contributed by atoms with Gasteiger partial charge >= 0.3 is 0 Å². The van der Waals surface area contributed by atoms with Gasteiger partial charge in [0, 0.05) is 20.3 Å². The number of hydrogen-bond donors (Lipinski definition) is 2. The number of methoxy groups -OCH3 is 1. The summed E-state index contributed by atoms with van der Waals surface area (Å²) in [5, 5.41) is 3.34. The van der Waals surface area contributed by atoms with E-state index in [0.717, 1.165) is 10.6 Å². The highest BCUT2D eigenvalue weighted by atomic mass is 32.2. The Bertz CT molecular complexity index is 330. The lowest BCUT2D eigenvalue weighted by molar-refractivity contribution is -0.118. The lowest BCUT2D eigenvalue weighted by atomic mass is 10.4. The molecule has 0 bridgehead atoms. The minimum atomic E-state index is 0.0214. The number of amides is 1. The first kappa shape index (κ1) is 13.3. The number of nitrogen functional groups attached to an aromatic ring is 1. The molecule has 0 aliphatic rings. The van der Waals surface area contributed by atoms with Gasteiger partial charge in [-0.25, -0.2) is 4.98 Å². The Morgan fingerprint density at radius 3 is 3.19 bits per heavy atom. The van der Waals surface area contributed by atoms with Crippen molar-refractivity contribution in [2.45, 2.75) is 10.6 Å². The van der Waals surface area contributed by atoms with Crippen LogP contribution in [0.1, 0.15) is 6.42 Å². The van der Waals surface area contributed by atoms with Crippen LogP contribution in [-0.4, -0.2) is 36.9 Å². The van der Waals surface area contributed by atoms with Crippen LogP contribution in [0.3, 0.4) is 0 Å². The molecule has 0 aliphatic heterocycles. The van der Waals surface area contributed by atoms with Crippen LogP contribution in [-0.2, 0) is 9.53 Å². The maximum absolute atomic E-state index is 11.4. The summed E-state index contributed by atoms with van der Waals surface area (Å²) in [4.78, 5) is 15.3. The van der Waals surface area contributed by atoms with Crippen molar-refractivity contribution in [3.05, 3.63) is 6.20 Å². The van der Waals surface area contributed by atoms with E-state index in [1.807, 2.05) is 0 Å². The van der Waals surface area contributed by atoms with Gasteiger partial charge in [-0.05, 0) is 6.42 Å². The highest BCUT2D eigenvalue weighted by Crippen LogP contribution is 2.25. The van der Waals surface area contributed by atoms with Crippen molar-refractivity contribution < 1.29 is 9.53 Å². The Morgan fingerprint density at radius 2 is 2.56 bits per heavy atom. The van der Waals surface area contributed by atoms with E-state index in [0.29, 0.717) is 24.0 Å². The summed E-state index contributed by atoms with van der Waals surface area (Å²) >= 11 is 2.84. The zero-order chi connectivity index (χ0) is 11.8. The van der Waals surface area contributed by atoms with Gasteiger partial charge in [0.2, 0.25) is 5.91 Å². The van der Waals surface area contributed by atoms with E-state index in [-0.39, 0.29) is 5.91 Å². The Kier molecular flexibility index (Phi) is 6.20. The van der Waals surface area contributed by atoms with E-state index in [9.17, 15) is 4.79 Å². The topological polar surface area (TPSA) is 77.2 Å². The zero-order valence-corrected chi connectivity index (χ0v) is 10.7. The van der Waals surface area contributed by atoms with Gasteiger partial charge in [0.25, 0.3) is 0 Å². The lowest BCUT2D eigenvalue weighted by Crippen LogP contribution is -2.26. The molecule has 0 fully saturated rings. The van der Waals surface area contributed by atoms with Gasteiger partial charge in [-0.1, -0.05) is 11.3 Å². The molecule has 1 aromatic heterocycles. The van der Waals surface area contributed by atoms with Crippen LogP contribution in [0, 0.1) is 0 Å². The lowest BCUT2D eigenvalue weighted by Gasteiger charge is -2.03. The van der Waals surface area contributed by atoms with Crippen LogP contribution in [0.25, 0.3) is 0 Å². The minimum Gasteiger partial charge on any atom is -0.385 e. The molecule has 90 valence electrons. The molecule has 0 unspecified atom stereocenters. The number of thiazole rings is 1. The number of carbonyl (C=O) groups excluding carboxylic acids is 1. The average Bonchev–Trinajstić information content (AvgIpc) is 2.68. The predicted octanol–water partition coefficient (Wildman–Crippen LogP) is 0.970. The molecule has 3 N–H and O–H groups in total. The zero-order valence-electron chi connectivity index (χ0n) is 9.06. The van der Waals surface area contributed by atoms with E-state index in [1.165, 1.54) is 23.1 Å². The van der Waals surface area contributed by atoms with Gasteiger partial charge in [0.05, 0.1) is 16.2 Å². The molecule has 16 heavy (non-hydrogen) atoms. The van der Waals surface area contributed by atoms with Crippen LogP contribution in [0.15, 0.2) is 10.4 Å². The van der Waals surface area contributed by atoms with Gasteiger partial charge in [0.15, 0.2) is 5.13 Å². The van der Waals surface area contributed by atoms with Gasteiger partial charge < -0.3 is 15.8 Å². The summed E-state index contributed by atoms with van der Waals surface area (Å²) in [5.74, 6) is 0.419. The number of thioether (sulfide) groups is 1. The molecule has 0 radical (unpaired) electrons. The molecule has 0 aliphatic carbocycles. The second-order valence-corrected chi connectivity index (χ2v) is 5.34. The van der Waals surface area contributed by atoms with Crippen molar-refractivity contribution in [3.8, 4) is 0 Å². The molecule has 1 heterocycles. The third kappa shape index (κ3) is 5.34. The van der Waals surface area contributed by atoms with Gasteiger partial charge in [-0.3, -0.25) is 4.79 Å². The molecule has 1 rings (SSSR count). The monoisotopic (exact) mass is 261 g/mol. The van der Waals surface area contributed by atoms with E-state index < -0.39 is 0 Å². The maximum atomic E-state index is 11.4. The fraction of sp³-hybridized carbons (Fsp3) is 0.556. The Morgan fingerprint density at radius 1 is 1.75 bits per heavy atom. The summed E-state index contributed by atoms with van der Waals surface area (Å²) < 4.78 is 5.84. The first-order chi connectivity index (χ1) is 7.72. The molecule has 0 spiro atoms. The summed E-state index contributed by atoms with van der Waals surface area (Å²) in [7, 11) is 1.64. The molecule has 7 heteroatoms. The van der Waals surface area contributed by atoms with Crippen LogP contribution in [0.5, 0.6) is 0 Å². The number of rotatable bonds is 7. The number of anilines is 1. The quantitative estimate of drug-likeness (QED) is 0.565. The van der Waals surface area contributed by atoms with Gasteiger partial charge in [0.1, 0.15) is 0 Å². The Balaban J connectivity index is 2.10. The highest BCUT2D eigenvalue weighted by molar-refractivity contribution is 8.01. The molecule has 0 aromatic carbocycles. The van der Waals surface area contributed by atoms with Crippen molar-refractivity contribution in [1.82, 2.24) is 10.3 Å². The van der Waals surface area contributed by atoms with Gasteiger partial charge in [-0.2, -0.15) is 0 Å². The summed E-state index contributed by atoms with van der Waals surface area (Å²) in [5.41, 5.74) is 5.48. The van der Waals surface area contributed by atoms with Crippen LogP contribution in [0.2, 0.25) is 0 Å². The average molecular weight is 261 g/mol. The molecule has 5 nitrogen and oxygen atoms in total. The number of nitrogens with zero attached hydrogens (tertiary/aromatic N) is 1. The highest BCUT2D eigenvalue weighted by Gasteiger charge is 2.04. The van der Waals surface area contributed by atoms with E-state index in [1.54, 1.807) is 13.3 Å². The SMILES string of the molecule is COCCCNC(=O)CSc1cnc(N)s1. The standard InChI is InChI=1S/C9H15N3O2S2/c1-14-4-2-3-11-7(13)6-15-8-5-12-9(10)16-8/h5H,2-4,6H2,1H3,(H2,10,12)(H,11,13). The van der Waals surface area contributed by atoms with Gasteiger partial charge in [-0.15, -0.1) is 11.8 Å². The largest absolute Gasteiger partial charge is 0.385 e. The van der Waals surface area contributed by atoms with Crippen LogP contribution >= 0.6 is 23.1 Å². The van der Waals surface area contributed by atoms with Crippen LogP contribution in [0.4, 0.5) is 5.13 Å². The number of carbonyl (C=O) groups is 1. The van der Waals surface area contributed by atoms with Crippen molar-refractivity contribution >= 4 is 34.1 Å². The van der Waals surface area contributed by atoms with Crippen molar-refractivity contribution in [1.29, 1.82) is 0 Å². The van der Waals surface area contributed by atoms with E-state index in [2.05, 4.69) is 10.3 Å². The number of aromatic nitrogens is 1. The molecule has 0 saturated heterocycles. The predicted molar refractivity (Wildman–Crippen MR) is 66.8 cm³/mol. The molecular weight excluding hydrogens is 246 g/mol. The Labute approximate surface area is 103 Å². The first-order valence-corrected chi connectivity index (χ1v) is 6.62. The fourth-order valence-corrected chi connectivity index (χ4v) is 2.56. The maximum Gasteiger partial charge on any atom is 0.230 e. The second kappa shape index (κ2) is 7.48. The summed E-state index contributed by atoms with van der Waals surface area (Å²) in [6.45, 7) is 1.32. The first-order valence-electron chi connectivity index (χ1n) is 4.82. The van der Waals surface area contributed by atoms with Crippen molar-refractivity contribution in [3.63, 3.8) is 0 Å². The fourth-order valence-electron chi connectivity index (χ4n) is 0.971. The van der Waals surface area contributed by atoms with Crippen LogP contribution < -0.4 is 11.1 Å². The molecule has 1 amide bonds. The molecule has 0 atom stereocenters.